The van der Waals surface area contributed by atoms with Gasteiger partial charge in [0.1, 0.15) is 0 Å². The molecule has 3 atom stereocenters. The predicted molar refractivity (Wildman–Crippen MR) is 152 cm³/mol. The first-order valence-corrected chi connectivity index (χ1v) is 15.0. The maximum absolute atomic E-state index is 12.1. The quantitative estimate of drug-likeness (QED) is 0.280. The van der Waals surface area contributed by atoms with E-state index in [1.807, 2.05) is 36.4 Å². The van der Waals surface area contributed by atoms with Gasteiger partial charge in [-0.05, 0) is 60.3 Å². The molecule has 3 unspecified atom stereocenters. The summed E-state index contributed by atoms with van der Waals surface area (Å²) in [6.45, 7) is 6.30. The first kappa shape index (κ1) is 29.2. The largest absolute Gasteiger partial charge is 0.481 e. The van der Waals surface area contributed by atoms with E-state index in [-0.39, 0.29) is 25.0 Å². The van der Waals surface area contributed by atoms with Crippen LogP contribution in [0.3, 0.4) is 0 Å². The van der Waals surface area contributed by atoms with Crippen LogP contribution >= 0.6 is 0 Å². The maximum atomic E-state index is 12.1. The average Bonchev–Trinajstić information content (AvgIpc) is 3.42. The molecule has 4 N–H and O–H groups in total. The highest BCUT2D eigenvalue weighted by Gasteiger charge is 2.57. The van der Waals surface area contributed by atoms with Gasteiger partial charge in [-0.2, -0.15) is 13.1 Å². The highest BCUT2D eigenvalue weighted by atomic mass is 32.2. The Hall–Kier alpha value is -2.82. The van der Waals surface area contributed by atoms with E-state index < -0.39 is 21.6 Å². The minimum absolute atomic E-state index is 0.00419. The van der Waals surface area contributed by atoms with Gasteiger partial charge >= 0.3 is 5.97 Å². The first-order chi connectivity index (χ1) is 18.7. The molecule has 0 aromatic heterocycles. The van der Waals surface area contributed by atoms with Gasteiger partial charge in [-0.1, -0.05) is 72.8 Å². The molecule has 2 aromatic carbocycles. The molecule has 9 heteroatoms. The molecule has 0 bridgehead atoms. The molecule has 2 aromatic rings. The molecule has 0 aliphatic heterocycles. The van der Waals surface area contributed by atoms with Gasteiger partial charge in [-0.3, -0.25) is 4.79 Å². The first-order valence-electron chi connectivity index (χ1n) is 13.4. The number of allylic oxidation sites excluding steroid dienone is 2. The van der Waals surface area contributed by atoms with Gasteiger partial charge in [0, 0.05) is 24.7 Å². The summed E-state index contributed by atoms with van der Waals surface area (Å²) in [4.78, 5) is 10.6. The molecule has 2 aliphatic rings. The number of hydrogen-bond donors (Lipinski definition) is 3. The van der Waals surface area contributed by atoms with Crippen LogP contribution in [0, 0.1) is 11.3 Å². The van der Waals surface area contributed by atoms with Gasteiger partial charge in [0.05, 0.1) is 19.6 Å². The normalized spacial score (nSPS) is 22.7. The molecule has 0 spiro atoms. The van der Waals surface area contributed by atoms with E-state index in [9.17, 15) is 13.2 Å². The number of aliphatic carboxylic acids is 1. The average molecular weight is 555 g/mol. The zero-order valence-electron chi connectivity index (χ0n) is 22.2. The molecule has 1 fully saturated rings. The van der Waals surface area contributed by atoms with E-state index in [0.717, 1.165) is 29.5 Å². The molecule has 0 amide bonds. The second-order valence-corrected chi connectivity index (χ2v) is 11.6. The van der Waals surface area contributed by atoms with Crippen molar-refractivity contribution in [2.45, 2.75) is 44.6 Å². The molecule has 4 rings (SSSR count). The molecular formula is C30H38N2O6S. The number of ether oxygens (including phenoxy) is 2. The van der Waals surface area contributed by atoms with Crippen molar-refractivity contribution in [2.75, 3.05) is 26.4 Å². The van der Waals surface area contributed by atoms with E-state index in [0.29, 0.717) is 39.1 Å². The molecular weight excluding hydrogens is 516 g/mol. The van der Waals surface area contributed by atoms with Crippen molar-refractivity contribution in [1.29, 1.82) is 0 Å². The minimum atomic E-state index is -3.87. The van der Waals surface area contributed by atoms with Gasteiger partial charge in [0.2, 0.25) is 0 Å². The standard InChI is InChI=1S/C30H38N2O6S/c1-22(23-9-4-2-5-10-23)30-16-13-27(32-39(31,35)36)26(30)21-25(29(30)24-11-6-3-7-12-24)14-19-37-17-8-18-38-20-15-28(33)34/h2-7,9-12,26-27,32H,1,8,13-21H2,(H,33,34)(H2,31,35,36). The second kappa shape index (κ2) is 13.0. The summed E-state index contributed by atoms with van der Waals surface area (Å²) in [5.74, 6) is -0.888. The number of nitrogens with one attached hydrogen (secondary N) is 1. The van der Waals surface area contributed by atoms with Crippen molar-refractivity contribution in [3.63, 3.8) is 0 Å². The molecule has 0 heterocycles. The lowest BCUT2D eigenvalue weighted by atomic mass is 9.66. The lowest BCUT2D eigenvalue weighted by Gasteiger charge is -2.37. The van der Waals surface area contributed by atoms with Crippen molar-refractivity contribution < 1.29 is 27.8 Å². The topological polar surface area (TPSA) is 128 Å². The van der Waals surface area contributed by atoms with Crippen molar-refractivity contribution in [1.82, 2.24) is 4.72 Å². The Bertz CT molecular complexity index is 1280. The van der Waals surface area contributed by atoms with Gasteiger partial charge in [0.15, 0.2) is 0 Å². The molecule has 39 heavy (non-hydrogen) atoms. The zero-order valence-corrected chi connectivity index (χ0v) is 23.0. The van der Waals surface area contributed by atoms with Crippen LogP contribution in [0.25, 0.3) is 11.1 Å². The summed E-state index contributed by atoms with van der Waals surface area (Å²) in [5.41, 5.74) is 5.21. The summed E-state index contributed by atoms with van der Waals surface area (Å²) in [7, 11) is -3.87. The number of benzene rings is 2. The molecule has 8 nitrogen and oxygen atoms in total. The Kier molecular flexibility index (Phi) is 9.74. The van der Waals surface area contributed by atoms with E-state index in [2.05, 4.69) is 35.6 Å². The fourth-order valence-electron chi connectivity index (χ4n) is 6.31. The summed E-state index contributed by atoms with van der Waals surface area (Å²) in [6, 6.07) is 20.1. The van der Waals surface area contributed by atoms with Crippen molar-refractivity contribution in [2.24, 2.45) is 16.5 Å². The Balaban J connectivity index is 1.57. The van der Waals surface area contributed by atoms with Gasteiger partial charge in [0.25, 0.3) is 10.2 Å². The Morgan fingerprint density at radius 1 is 1.03 bits per heavy atom. The van der Waals surface area contributed by atoms with Crippen molar-refractivity contribution in [3.8, 4) is 0 Å². The third kappa shape index (κ3) is 7.04. The van der Waals surface area contributed by atoms with Crippen LogP contribution in [0.1, 0.15) is 49.7 Å². The van der Waals surface area contributed by atoms with Crippen LogP contribution in [-0.2, 0) is 24.5 Å². The summed E-state index contributed by atoms with van der Waals surface area (Å²) >= 11 is 0. The maximum Gasteiger partial charge on any atom is 0.305 e. The monoisotopic (exact) mass is 554 g/mol. The summed E-state index contributed by atoms with van der Waals surface area (Å²) in [6.07, 6.45) is 3.56. The minimum Gasteiger partial charge on any atom is -0.481 e. The Morgan fingerprint density at radius 3 is 2.31 bits per heavy atom. The molecule has 1 saturated carbocycles. The van der Waals surface area contributed by atoms with E-state index >= 15 is 0 Å². The van der Waals surface area contributed by atoms with Crippen LogP contribution < -0.4 is 9.86 Å². The SMILES string of the molecule is C=C(c1ccccc1)C12CCC(NS(N)(=O)=O)C1CC(CCOCCCOCCC(=O)O)=C2c1ccccc1. The summed E-state index contributed by atoms with van der Waals surface area (Å²) in [5, 5.41) is 14.1. The van der Waals surface area contributed by atoms with Gasteiger partial charge < -0.3 is 14.6 Å². The number of carbonyl (C=O) groups is 1. The van der Waals surface area contributed by atoms with Crippen molar-refractivity contribution in [3.05, 3.63) is 83.9 Å². The van der Waals surface area contributed by atoms with Gasteiger partial charge in [-0.15, -0.1) is 0 Å². The number of carboxylic acids is 1. The number of hydrogen-bond acceptors (Lipinski definition) is 5. The Labute approximate surface area is 231 Å². The highest BCUT2D eigenvalue weighted by molar-refractivity contribution is 7.87. The fraction of sp³-hybridized carbons (Fsp3) is 0.433. The molecule has 0 saturated heterocycles. The molecule has 0 radical (unpaired) electrons. The number of carboxylic acid groups (broad SMARTS) is 1. The third-order valence-corrected chi connectivity index (χ3v) is 8.49. The van der Waals surface area contributed by atoms with Crippen LogP contribution in [0.4, 0.5) is 0 Å². The third-order valence-electron chi connectivity index (χ3n) is 7.86. The van der Waals surface area contributed by atoms with Crippen LogP contribution in [-0.4, -0.2) is 52.0 Å². The Morgan fingerprint density at radius 2 is 1.67 bits per heavy atom. The van der Waals surface area contributed by atoms with E-state index in [1.165, 1.54) is 11.1 Å². The van der Waals surface area contributed by atoms with Crippen molar-refractivity contribution >= 4 is 27.3 Å². The molecule has 2 aliphatic carbocycles. The lowest BCUT2D eigenvalue weighted by Crippen LogP contribution is -2.43. The van der Waals surface area contributed by atoms with E-state index in [4.69, 9.17) is 19.7 Å². The number of rotatable bonds is 15. The fourth-order valence-corrected chi connectivity index (χ4v) is 7.02. The zero-order chi connectivity index (χ0) is 27.9. The lowest BCUT2D eigenvalue weighted by molar-refractivity contribution is -0.138. The van der Waals surface area contributed by atoms with Crippen LogP contribution in [0.2, 0.25) is 0 Å². The summed E-state index contributed by atoms with van der Waals surface area (Å²) < 4.78 is 38.2. The number of nitrogens with two attached hydrogens (primary N) is 1. The van der Waals surface area contributed by atoms with Crippen LogP contribution in [0.5, 0.6) is 0 Å². The second-order valence-electron chi connectivity index (χ2n) is 10.3. The smallest absolute Gasteiger partial charge is 0.305 e. The van der Waals surface area contributed by atoms with Gasteiger partial charge in [-0.25, -0.2) is 5.14 Å². The highest BCUT2D eigenvalue weighted by Crippen LogP contribution is 2.66. The van der Waals surface area contributed by atoms with Crippen LogP contribution in [0.15, 0.2) is 72.8 Å². The molecule has 210 valence electrons. The number of fused-ring (bicyclic) bond motifs is 1. The van der Waals surface area contributed by atoms with E-state index in [1.54, 1.807) is 0 Å². The predicted octanol–water partition coefficient (Wildman–Crippen LogP) is 4.40.